The predicted octanol–water partition coefficient (Wildman–Crippen LogP) is 3.84. The lowest BCUT2D eigenvalue weighted by atomic mass is 9.95. The second-order valence-corrected chi connectivity index (χ2v) is 8.34. The molecule has 150 valence electrons. The van der Waals surface area contributed by atoms with E-state index in [1.807, 2.05) is 60.5 Å². The molecule has 0 spiro atoms. The van der Waals surface area contributed by atoms with Gasteiger partial charge in [0.2, 0.25) is 5.91 Å². The number of amides is 2. The summed E-state index contributed by atoms with van der Waals surface area (Å²) in [5.41, 5.74) is 2.19. The maximum absolute atomic E-state index is 12.6. The Morgan fingerprint density at radius 3 is 2.50 bits per heavy atom. The Hall–Kier alpha value is -2.18. The highest BCUT2D eigenvalue weighted by molar-refractivity contribution is 7.12. The molecule has 0 radical (unpaired) electrons. The molecule has 1 aliphatic rings. The summed E-state index contributed by atoms with van der Waals surface area (Å²) in [6.45, 7) is 6.35. The van der Waals surface area contributed by atoms with Crippen molar-refractivity contribution < 1.29 is 14.3 Å². The third-order valence-electron chi connectivity index (χ3n) is 5.03. The van der Waals surface area contributed by atoms with Crippen molar-refractivity contribution in [3.63, 3.8) is 0 Å². The fourth-order valence-corrected chi connectivity index (χ4v) is 4.05. The lowest BCUT2D eigenvalue weighted by Crippen LogP contribution is -2.42. The highest BCUT2D eigenvalue weighted by atomic mass is 32.1. The van der Waals surface area contributed by atoms with Crippen molar-refractivity contribution in [2.75, 3.05) is 13.1 Å². The first-order valence-corrected chi connectivity index (χ1v) is 10.7. The SMILES string of the molecule is CC(C)OCc1ccccc1CNC(=O)C1CCN(C(=O)c2cccs2)CC1. The van der Waals surface area contributed by atoms with Crippen LogP contribution in [0.3, 0.4) is 0 Å². The van der Waals surface area contributed by atoms with Crippen LogP contribution in [0.1, 0.15) is 47.5 Å². The van der Waals surface area contributed by atoms with Gasteiger partial charge in [-0.05, 0) is 49.3 Å². The average Bonchev–Trinajstić information content (AvgIpc) is 3.25. The minimum absolute atomic E-state index is 0.0357. The van der Waals surface area contributed by atoms with Crippen molar-refractivity contribution in [2.45, 2.75) is 45.9 Å². The second-order valence-electron chi connectivity index (χ2n) is 7.39. The van der Waals surface area contributed by atoms with Crippen molar-refractivity contribution in [3.8, 4) is 0 Å². The van der Waals surface area contributed by atoms with Gasteiger partial charge in [0, 0.05) is 25.6 Å². The Labute approximate surface area is 170 Å². The van der Waals surface area contributed by atoms with Gasteiger partial charge in [-0.1, -0.05) is 30.3 Å². The highest BCUT2D eigenvalue weighted by Gasteiger charge is 2.28. The average molecular weight is 401 g/mol. The maximum atomic E-state index is 12.6. The molecule has 1 fully saturated rings. The summed E-state index contributed by atoms with van der Waals surface area (Å²) in [5.74, 6) is 0.113. The molecule has 5 nitrogen and oxygen atoms in total. The molecule has 2 aromatic rings. The minimum Gasteiger partial charge on any atom is -0.374 e. The van der Waals surface area contributed by atoms with Gasteiger partial charge >= 0.3 is 0 Å². The predicted molar refractivity (Wildman–Crippen MR) is 111 cm³/mol. The summed E-state index contributed by atoms with van der Waals surface area (Å²) in [7, 11) is 0. The zero-order valence-corrected chi connectivity index (χ0v) is 17.3. The van der Waals surface area contributed by atoms with Gasteiger partial charge in [0.15, 0.2) is 0 Å². The number of hydrogen-bond donors (Lipinski definition) is 1. The quantitative estimate of drug-likeness (QED) is 0.768. The molecule has 3 rings (SSSR count). The van der Waals surface area contributed by atoms with E-state index in [1.54, 1.807) is 0 Å². The van der Waals surface area contributed by atoms with Crippen LogP contribution >= 0.6 is 11.3 Å². The van der Waals surface area contributed by atoms with E-state index in [0.29, 0.717) is 39.1 Å². The van der Waals surface area contributed by atoms with Gasteiger partial charge in [-0.25, -0.2) is 0 Å². The minimum atomic E-state index is -0.0357. The molecule has 0 saturated carbocycles. The van der Waals surface area contributed by atoms with E-state index >= 15 is 0 Å². The van der Waals surface area contributed by atoms with Crippen molar-refractivity contribution >= 4 is 23.2 Å². The van der Waals surface area contributed by atoms with E-state index < -0.39 is 0 Å². The third kappa shape index (κ3) is 5.42. The van der Waals surface area contributed by atoms with Crippen LogP contribution in [0.5, 0.6) is 0 Å². The Bertz CT molecular complexity index is 781. The number of ether oxygens (including phenoxy) is 1. The zero-order valence-electron chi connectivity index (χ0n) is 16.5. The number of likely N-dealkylation sites (tertiary alicyclic amines) is 1. The third-order valence-corrected chi connectivity index (χ3v) is 5.89. The van der Waals surface area contributed by atoms with Crippen LogP contribution in [0.15, 0.2) is 41.8 Å². The molecule has 0 atom stereocenters. The first kappa shape index (κ1) is 20.6. The van der Waals surface area contributed by atoms with E-state index in [0.717, 1.165) is 16.0 Å². The summed E-state index contributed by atoms with van der Waals surface area (Å²) in [6.07, 6.45) is 1.59. The van der Waals surface area contributed by atoms with E-state index in [-0.39, 0.29) is 23.8 Å². The number of carbonyl (C=O) groups excluding carboxylic acids is 2. The van der Waals surface area contributed by atoms with Gasteiger partial charge in [0.1, 0.15) is 0 Å². The number of thiophene rings is 1. The van der Waals surface area contributed by atoms with Crippen LogP contribution in [0.25, 0.3) is 0 Å². The molecule has 0 aliphatic carbocycles. The number of carbonyl (C=O) groups is 2. The molecule has 1 aliphatic heterocycles. The summed E-state index contributed by atoms with van der Waals surface area (Å²) < 4.78 is 5.71. The van der Waals surface area contributed by atoms with Gasteiger partial charge < -0.3 is 15.0 Å². The molecule has 1 N–H and O–H groups in total. The molecule has 6 heteroatoms. The number of nitrogens with zero attached hydrogens (tertiary/aromatic N) is 1. The standard InChI is InChI=1S/C22H28N2O3S/c1-16(2)27-15-19-7-4-3-6-18(19)14-23-21(25)17-9-11-24(12-10-17)22(26)20-8-5-13-28-20/h3-8,13,16-17H,9-12,14-15H2,1-2H3,(H,23,25). The van der Waals surface area contributed by atoms with Crippen LogP contribution in [0, 0.1) is 5.92 Å². The Balaban J connectivity index is 1.48. The summed E-state index contributed by atoms with van der Waals surface area (Å²) in [4.78, 5) is 27.7. The largest absolute Gasteiger partial charge is 0.374 e. The van der Waals surface area contributed by atoms with Gasteiger partial charge in [-0.15, -0.1) is 11.3 Å². The lowest BCUT2D eigenvalue weighted by Gasteiger charge is -2.31. The Kier molecular flexibility index (Phi) is 7.23. The number of hydrogen-bond acceptors (Lipinski definition) is 4. The molecular weight excluding hydrogens is 372 g/mol. The summed E-state index contributed by atoms with van der Waals surface area (Å²) >= 11 is 1.46. The second kappa shape index (κ2) is 9.85. The molecule has 0 unspecified atom stereocenters. The van der Waals surface area contributed by atoms with Crippen molar-refractivity contribution in [2.24, 2.45) is 5.92 Å². The number of benzene rings is 1. The fraction of sp³-hybridized carbons (Fsp3) is 0.455. The van der Waals surface area contributed by atoms with Crippen LogP contribution in [-0.4, -0.2) is 35.9 Å². The van der Waals surface area contributed by atoms with Gasteiger partial charge in [0.25, 0.3) is 5.91 Å². The number of piperidine rings is 1. The van der Waals surface area contributed by atoms with Crippen molar-refractivity contribution in [3.05, 3.63) is 57.8 Å². The van der Waals surface area contributed by atoms with Crippen LogP contribution in [0.4, 0.5) is 0 Å². The van der Waals surface area contributed by atoms with Crippen molar-refractivity contribution in [1.82, 2.24) is 10.2 Å². The molecule has 2 heterocycles. The van der Waals surface area contributed by atoms with Crippen LogP contribution < -0.4 is 5.32 Å². The maximum Gasteiger partial charge on any atom is 0.263 e. The van der Waals surface area contributed by atoms with E-state index in [9.17, 15) is 9.59 Å². The van der Waals surface area contributed by atoms with E-state index in [1.165, 1.54) is 11.3 Å². The van der Waals surface area contributed by atoms with Gasteiger partial charge in [-0.2, -0.15) is 0 Å². The lowest BCUT2D eigenvalue weighted by molar-refractivity contribution is -0.126. The number of nitrogens with one attached hydrogen (secondary N) is 1. The summed E-state index contributed by atoms with van der Waals surface area (Å²) in [5, 5.41) is 4.99. The highest BCUT2D eigenvalue weighted by Crippen LogP contribution is 2.21. The number of rotatable bonds is 7. The van der Waals surface area contributed by atoms with E-state index in [2.05, 4.69) is 5.32 Å². The van der Waals surface area contributed by atoms with Gasteiger partial charge in [-0.3, -0.25) is 9.59 Å². The molecule has 1 saturated heterocycles. The van der Waals surface area contributed by atoms with Crippen LogP contribution in [-0.2, 0) is 22.7 Å². The summed E-state index contributed by atoms with van der Waals surface area (Å²) in [6, 6.07) is 11.8. The molecule has 2 amide bonds. The normalized spacial score (nSPS) is 15.0. The van der Waals surface area contributed by atoms with Crippen LogP contribution in [0.2, 0.25) is 0 Å². The smallest absolute Gasteiger partial charge is 0.263 e. The van der Waals surface area contributed by atoms with Gasteiger partial charge in [0.05, 0.1) is 17.6 Å². The zero-order chi connectivity index (χ0) is 19.9. The molecule has 28 heavy (non-hydrogen) atoms. The van der Waals surface area contributed by atoms with E-state index in [4.69, 9.17) is 4.74 Å². The fourth-order valence-electron chi connectivity index (χ4n) is 3.35. The monoisotopic (exact) mass is 400 g/mol. The first-order valence-electron chi connectivity index (χ1n) is 9.83. The van der Waals surface area contributed by atoms with Crippen molar-refractivity contribution in [1.29, 1.82) is 0 Å². The molecule has 1 aromatic carbocycles. The molecule has 1 aromatic heterocycles. The molecule has 0 bridgehead atoms. The Morgan fingerprint density at radius 2 is 1.86 bits per heavy atom. The first-order chi connectivity index (χ1) is 13.5. The Morgan fingerprint density at radius 1 is 1.14 bits per heavy atom. The molecular formula is C22H28N2O3S. The topological polar surface area (TPSA) is 58.6 Å².